The number of rotatable bonds is 23. The highest BCUT2D eigenvalue weighted by Gasteiger charge is 2.81. The van der Waals surface area contributed by atoms with Crippen molar-refractivity contribution in [3.63, 3.8) is 0 Å². The van der Waals surface area contributed by atoms with Gasteiger partial charge in [0.15, 0.2) is 41.1 Å². The molecular formula is C97H123FN2O31S2Si. The Morgan fingerprint density at radius 2 is 0.925 bits per heavy atom. The molecule has 4 saturated carbocycles. The molecular weight excluding hydrogens is 1800 g/mol. The summed E-state index contributed by atoms with van der Waals surface area (Å²) in [5, 5.41) is 61.4. The summed E-state index contributed by atoms with van der Waals surface area (Å²) in [6, 6.07) is 29.9. The third kappa shape index (κ3) is 19.6. The van der Waals surface area contributed by atoms with E-state index in [0.29, 0.717) is 9.75 Å². The fraction of sp³-hybridized carbons (Fsp3) is 0.567. The van der Waals surface area contributed by atoms with Crippen molar-refractivity contribution in [2.45, 2.75) is 283 Å². The van der Waals surface area contributed by atoms with Crippen LogP contribution in [0.15, 0.2) is 148 Å². The molecule has 2 saturated heterocycles. The number of esters is 6. The number of carbonyl (C=O) groups is 12. The maximum absolute atomic E-state index is 16.5. The number of carbonyl (C=O) groups excluding carboxylic acids is 12. The monoisotopic (exact) mass is 1920 g/mol. The lowest BCUT2D eigenvalue weighted by Crippen LogP contribution is -2.82. The van der Waals surface area contributed by atoms with E-state index in [1.165, 1.54) is 65.0 Å². The van der Waals surface area contributed by atoms with E-state index in [2.05, 4.69) is 10.6 Å². The number of hydrogen-bond acceptors (Lipinski definition) is 33. The van der Waals surface area contributed by atoms with Gasteiger partial charge in [-0.25, -0.2) is 33.6 Å². The molecule has 37 heteroatoms. The summed E-state index contributed by atoms with van der Waals surface area (Å²) in [4.78, 5) is 171. The number of fused-ring (bicyclic) bond motifs is 10. The molecule has 22 atom stereocenters. The van der Waals surface area contributed by atoms with Crippen LogP contribution >= 0.6 is 22.7 Å². The number of amides is 2. The van der Waals surface area contributed by atoms with Crippen LogP contribution in [0, 0.1) is 39.4 Å². The van der Waals surface area contributed by atoms with Crippen molar-refractivity contribution >= 4 is 108 Å². The van der Waals surface area contributed by atoms with E-state index in [9.17, 15) is 68.4 Å². The number of thiophene rings is 2. The Morgan fingerprint density at radius 3 is 1.31 bits per heavy atom. The van der Waals surface area contributed by atoms with Crippen LogP contribution in [0.3, 0.4) is 0 Å². The number of halogens is 1. The summed E-state index contributed by atoms with van der Waals surface area (Å²) < 4.78 is 90.9. The zero-order valence-corrected chi connectivity index (χ0v) is 81.7. The minimum Gasteiger partial charge on any atom is -0.457 e. The predicted molar refractivity (Wildman–Crippen MR) is 483 cm³/mol. The molecule has 2 aromatic heterocycles. The number of aliphatic hydroxyl groups is 4. The molecule has 2 aliphatic heterocycles. The number of benzene rings is 3. The molecule has 2 unspecified atom stereocenters. The van der Waals surface area contributed by atoms with Crippen molar-refractivity contribution in [3.8, 4) is 0 Å². The molecule has 5 aromatic rings. The Hall–Kier alpha value is -10.4. The van der Waals surface area contributed by atoms with Crippen LogP contribution in [-0.2, 0) is 99.5 Å². The molecule has 4 heterocycles. The SMILES string of the molecule is CCOC(=O)O[C@H]1C(=O)[C@@]2(C)C([C@H](OC(=O)c3ccccc3)[C@]3(O)C[C@H](OC(=O)[C@H](C)[C@@H](NC(=O)OC(C)(C)C)c4cccs4)C(C)=C1C3(C)C)[C@]1(OC(C)=O)CO[C@@H]1C[C@@H]2O[Si](C)(C)c1ccccc1.CCOC(=O)O[C@H]1C(=O)[C@@]2(C)C([C@H](OC(=O)c3ccccc3)[C@]3(O)C[C@H](OC(=O)[C@H](O)[C@@H](NC(=O)OC(C)(C)C)c4cccs4)C(C)=C1C3(C)C)[C@]1(OC(C)=O)CO[C@@H]1C[C@@H]2O.F. The lowest BCUT2D eigenvalue weighted by Gasteiger charge is -2.68. The first-order chi connectivity index (χ1) is 62.1. The van der Waals surface area contributed by atoms with Gasteiger partial charge in [0, 0.05) is 60.1 Å². The zero-order chi connectivity index (χ0) is 97.8. The quantitative estimate of drug-likeness (QED) is 0.0153. The van der Waals surface area contributed by atoms with Crippen LogP contribution in [0.1, 0.15) is 200 Å². The minimum absolute atomic E-state index is 0. The first kappa shape index (κ1) is 104. The molecule has 6 fully saturated rings. The molecule has 0 spiro atoms. The van der Waals surface area contributed by atoms with Crippen LogP contribution in [-0.4, -0.2) is 228 Å². The fourth-order valence-corrected chi connectivity index (χ4v) is 24.8. The Balaban J connectivity index is 0.000000258. The van der Waals surface area contributed by atoms with Gasteiger partial charge in [-0.05, 0) is 178 Å². The van der Waals surface area contributed by atoms with Crippen molar-refractivity contribution in [1.29, 1.82) is 0 Å². The second-order valence-corrected chi connectivity index (χ2v) is 45.0. The van der Waals surface area contributed by atoms with E-state index < -0.39 is 245 Å². The van der Waals surface area contributed by atoms with Gasteiger partial charge in [0.2, 0.25) is 8.32 Å². The highest BCUT2D eigenvalue weighted by Crippen LogP contribution is 2.68. The molecule has 13 rings (SSSR count). The summed E-state index contributed by atoms with van der Waals surface area (Å²) in [6.45, 7) is 32.7. The van der Waals surface area contributed by atoms with Crippen LogP contribution in [0.5, 0.6) is 0 Å². The van der Waals surface area contributed by atoms with Gasteiger partial charge in [-0.15, -0.1) is 22.7 Å². The molecule has 4 bridgehead atoms. The zero-order valence-electron chi connectivity index (χ0n) is 79.1. The number of aliphatic hydroxyl groups excluding tert-OH is 2. The molecule has 730 valence electrons. The van der Waals surface area contributed by atoms with E-state index in [1.54, 1.807) is 167 Å². The average molecular weight is 1920 g/mol. The Bertz CT molecular complexity index is 5270. The number of ether oxygens (including phenoxy) is 14. The van der Waals surface area contributed by atoms with Crippen molar-refractivity contribution in [1.82, 2.24) is 10.6 Å². The first-order valence-corrected chi connectivity index (χ1v) is 49.1. The third-order valence-electron chi connectivity index (χ3n) is 27.6. The van der Waals surface area contributed by atoms with E-state index in [4.69, 9.17) is 70.7 Å². The normalized spacial score (nSPS) is 30.7. The van der Waals surface area contributed by atoms with Crippen molar-refractivity contribution in [2.75, 3.05) is 26.4 Å². The second-order valence-electron chi connectivity index (χ2n) is 39.2. The van der Waals surface area contributed by atoms with Gasteiger partial charge in [0.25, 0.3) is 0 Å². The maximum Gasteiger partial charge on any atom is 0.509 e. The molecule has 6 aliphatic carbocycles. The van der Waals surface area contributed by atoms with Crippen LogP contribution in [0.25, 0.3) is 0 Å². The Morgan fingerprint density at radius 1 is 0.537 bits per heavy atom. The number of alkyl carbamates (subject to hydrolysis) is 2. The number of hydrogen-bond donors (Lipinski definition) is 6. The molecule has 8 aliphatic rings. The predicted octanol–water partition coefficient (Wildman–Crippen LogP) is 12.6. The van der Waals surface area contributed by atoms with E-state index in [0.717, 1.165) is 23.4 Å². The maximum atomic E-state index is 16.5. The summed E-state index contributed by atoms with van der Waals surface area (Å²) in [5.41, 5.74) is -16.9. The molecule has 2 amide bonds. The topological polar surface area (TPSA) is 448 Å². The molecule has 134 heavy (non-hydrogen) atoms. The summed E-state index contributed by atoms with van der Waals surface area (Å²) in [6.07, 6.45) is -22.4. The van der Waals surface area contributed by atoms with Gasteiger partial charge < -0.3 is 102 Å². The summed E-state index contributed by atoms with van der Waals surface area (Å²) >= 11 is 2.44. The van der Waals surface area contributed by atoms with Crippen molar-refractivity contribution < 1.29 is 153 Å². The van der Waals surface area contributed by atoms with Gasteiger partial charge in [-0.1, -0.05) is 107 Å². The lowest BCUT2D eigenvalue weighted by atomic mass is 9.44. The van der Waals surface area contributed by atoms with Crippen LogP contribution < -0.4 is 15.8 Å². The van der Waals surface area contributed by atoms with Gasteiger partial charge in [-0.2, -0.15) is 0 Å². The third-order valence-corrected chi connectivity index (χ3v) is 32.1. The smallest absolute Gasteiger partial charge is 0.457 e. The van der Waals surface area contributed by atoms with E-state index >= 15 is 9.59 Å². The number of nitrogens with one attached hydrogen (secondary N) is 2. The van der Waals surface area contributed by atoms with Gasteiger partial charge in [0.1, 0.15) is 65.1 Å². The minimum atomic E-state index is -3.01. The van der Waals surface area contributed by atoms with Gasteiger partial charge in [-0.3, -0.25) is 28.7 Å². The van der Waals surface area contributed by atoms with Gasteiger partial charge >= 0.3 is 60.3 Å². The molecule has 33 nitrogen and oxygen atoms in total. The van der Waals surface area contributed by atoms with Crippen molar-refractivity contribution in [3.05, 3.63) is 169 Å². The standard InChI is InChI=1S/C53H67NO15SSi.C44H55NO16S.FH/c1-13-62-48(60)65-41-39-30(2)35(64-45(57)31(3)40(36-25-20-26-70-36)54-47(59)68-49(5,6)7)28-53(61,50(39,8)9)44(66-46(58)33-21-16-14-17-22-33)42-51(10,43(41)56)37(27-38-52(42,29-63-38)67-32(4)55)69-71(11,12)34-23-18-15-19-24-34;1-10-55-39(53)58-32-29-22(2)25(57-37(51)31(48)30(26-17-14-18-62-26)45-38(52)61-40(4,5)6)20-44(54,41(29,7)8)35(59-36(50)24-15-12-11-13-16-24)33-42(9,34(32)49)27(47)19-28-43(33,21-56-28)60-23(3)46;/h14-26,31,35,37-38,40-42,44,61H,13,27-29H2,1-12H3,(H,54,59);11-18,25,27-28,30-33,35,47-48,54H,10,19-21H2,1-9H3,(H,45,52);1H/t31-,35+,37+,38-,40-,41-,42?,44+,51-,52+,53-;25-,27-,28+,30-,31+,32+,33?,35-,42+,43-,44+;/m10./s1. The summed E-state index contributed by atoms with van der Waals surface area (Å²) in [5.74, 6) is -11.2. The first-order valence-electron chi connectivity index (χ1n) is 44.5. The molecule has 6 N–H and O–H groups in total. The van der Waals surface area contributed by atoms with Gasteiger partial charge in [0.05, 0.1) is 84.4 Å². The van der Waals surface area contributed by atoms with E-state index in [1.807, 2.05) is 43.4 Å². The highest BCUT2D eigenvalue weighted by atomic mass is 32.1. The Labute approximate surface area is 786 Å². The second kappa shape index (κ2) is 39.4. The lowest BCUT2D eigenvalue weighted by molar-refractivity contribution is -0.346. The molecule has 3 aromatic carbocycles. The average Bonchev–Trinajstić information content (AvgIpc) is 0.886. The Kier molecular flexibility index (Phi) is 30.6. The highest BCUT2D eigenvalue weighted by molar-refractivity contribution is 7.10. The summed E-state index contributed by atoms with van der Waals surface area (Å²) in [7, 11) is -3.01. The molecule has 0 radical (unpaired) electrons. The largest absolute Gasteiger partial charge is 0.509 e. The van der Waals surface area contributed by atoms with E-state index in [-0.39, 0.29) is 77.4 Å². The number of ketones is 2. The van der Waals surface area contributed by atoms with Crippen LogP contribution in [0.2, 0.25) is 13.1 Å². The fourth-order valence-electron chi connectivity index (χ4n) is 20.9. The van der Waals surface area contributed by atoms with Crippen LogP contribution in [0.4, 0.5) is 23.9 Å². The van der Waals surface area contributed by atoms with Crippen molar-refractivity contribution in [2.24, 2.45) is 39.4 Å². The number of Topliss-reactive ketones (excluding diaryl/α,β-unsaturated/α-hetero) is 2.